The second-order valence-electron chi connectivity index (χ2n) is 5.96. The first-order valence-corrected chi connectivity index (χ1v) is 8.08. The first kappa shape index (κ1) is 15.9. The van der Waals surface area contributed by atoms with Crippen molar-refractivity contribution in [1.29, 1.82) is 0 Å². The van der Waals surface area contributed by atoms with Crippen molar-refractivity contribution in [1.82, 2.24) is 0 Å². The molecule has 2 rings (SSSR count). The zero-order valence-electron chi connectivity index (χ0n) is 13.1. The summed E-state index contributed by atoms with van der Waals surface area (Å²) in [7, 11) is 1.62. The number of esters is 1. The standard InChI is InChI=1S/C18H26O3/c1-3-4-5-14-6-8-15(9-7-14)18(19)21-17-12-10-16(20-2)11-13-17/h10-15H,3-9H2,1-2H3/t14-,15-. The number of ether oxygens (including phenoxy) is 2. The van der Waals surface area contributed by atoms with Gasteiger partial charge in [0.1, 0.15) is 11.5 Å². The number of methoxy groups -OCH3 is 1. The van der Waals surface area contributed by atoms with Crippen LogP contribution in [0.2, 0.25) is 0 Å². The van der Waals surface area contributed by atoms with E-state index >= 15 is 0 Å². The van der Waals surface area contributed by atoms with Crippen LogP contribution in [0.4, 0.5) is 0 Å². The fraction of sp³-hybridized carbons (Fsp3) is 0.611. The van der Waals surface area contributed by atoms with Crippen molar-refractivity contribution in [3.63, 3.8) is 0 Å². The summed E-state index contributed by atoms with van der Waals surface area (Å²) in [6, 6.07) is 7.18. The molecule has 0 aliphatic heterocycles. The molecule has 1 aromatic rings. The molecule has 3 heteroatoms. The number of rotatable bonds is 6. The van der Waals surface area contributed by atoms with Crippen LogP contribution < -0.4 is 9.47 Å². The van der Waals surface area contributed by atoms with E-state index in [4.69, 9.17) is 9.47 Å². The van der Waals surface area contributed by atoms with Gasteiger partial charge in [0.25, 0.3) is 0 Å². The van der Waals surface area contributed by atoms with E-state index in [-0.39, 0.29) is 11.9 Å². The summed E-state index contributed by atoms with van der Waals surface area (Å²) in [5.74, 6) is 2.19. The summed E-state index contributed by atoms with van der Waals surface area (Å²) in [4.78, 5) is 12.2. The molecule has 0 bridgehead atoms. The average Bonchev–Trinajstić information content (AvgIpc) is 2.54. The zero-order valence-corrected chi connectivity index (χ0v) is 13.1. The molecular weight excluding hydrogens is 264 g/mol. The maximum absolute atomic E-state index is 12.2. The Labute approximate surface area is 127 Å². The molecule has 1 aliphatic carbocycles. The highest BCUT2D eigenvalue weighted by Crippen LogP contribution is 2.33. The van der Waals surface area contributed by atoms with Crippen molar-refractivity contribution in [2.45, 2.75) is 51.9 Å². The predicted octanol–water partition coefficient (Wildman–Crippen LogP) is 4.60. The van der Waals surface area contributed by atoms with Crippen molar-refractivity contribution in [3.05, 3.63) is 24.3 Å². The highest BCUT2D eigenvalue weighted by Gasteiger charge is 2.27. The normalized spacial score (nSPS) is 21.8. The fourth-order valence-electron chi connectivity index (χ4n) is 3.02. The fourth-order valence-corrected chi connectivity index (χ4v) is 3.02. The van der Waals surface area contributed by atoms with Gasteiger partial charge in [-0.25, -0.2) is 0 Å². The third-order valence-electron chi connectivity index (χ3n) is 4.42. The molecule has 0 radical (unpaired) electrons. The van der Waals surface area contributed by atoms with Crippen LogP contribution in [0, 0.1) is 11.8 Å². The molecule has 0 atom stereocenters. The molecule has 0 heterocycles. The van der Waals surface area contributed by atoms with Crippen LogP contribution >= 0.6 is 0 Å². The Morgan fingerprint density at radius 3 is 2.29 bits per heavy atom. The lowest BCUT2D eigenvalue weighted by Gasteiger charge is -2.27. The number of unbranched alkanes of at least 4 members (excludes halogenated alkanes) is 1. The minimum atomic E-state index is -0.0749. The monoisotopic (exact) mass is 290 g/mol. The van der Waals surface area contributed by atoms with Crippen molar-refractivity contribution < 1.29 is 14.3 Å². The summed E-state index contributed by atoms with van der Waals surface area (Å²) < 4.78 is 10.6. The second-order valence-corrected chi connectivity index (χ2v) is 5.96. The average molecular weight is 290 g/mol. The Kier molecular flexibility index (Phi) is 6.09. The minimum Gasteiger partial charge on any atom is -0.497 e. The maximum Gasteiger partial charge on any atom is 0.314 e. The van der Waals surface area contributed by atoms with Gasteiger partial charge in [-0.3, -0.25) is 4.79 Å². The van der Waals surface area contributed by atoms with Crippen LogP contribution in [0.25, 0.3) is 0 Å². The van der Waals surface area contributed by atoms with Crippen LogP contribution in [-0.4, -0.2) is 13.1 Å². The SMILES string of the molecule is CCCC[C@H]1CC[C@H](C(=O)Oc2ccc(OC)cc2)CC1. The zero-order chi connectivity index (χ0) is 15.1. The van der Waals surface area contributed by atoms with E-state index in [1.165, 1.54) is 32.1 Å². The van der Waals surface area contributed by atoms with E-state index in [0.29, 0.717) is 5.75 Å². The third-order valence-corrected chi connectivity index (χ3v) is 4.42. The van der Waals surface area contributed by atoms with E-state index in [1.807, 2.05) is 12.1 Å². The van der Waals surface area contributed by atoms with Crippen molar-refractivity contribution in [2.24, 2.45) is 11.8 Å². The number of carbonyl (C=O) groups is 1. The number of carbonyl (C=O) groups excluding carboxylic acids is 1. The first-order valence-electron chi connectivity index (χ1n) is 8.08. The van der Waals surface area contributed by atoms with Gasteiger partial charge in [0.05, 0.1) is 13.0 Å². The van der Waals surface area contributed by atoms with Crippen molar-refractivity contribution >= 4 is 5.97 Å². The summed E-state index contributed by atoms with van der Waals surface area (Å²) in [6.45, 7) is 2.23. The summed E-state index contributed by atoms with van der Waals surface area (Å²) in [5, 5.41) is 0. The number of hydrogen-bond donors (Lipinski definition) is 0. The van der Waals surface area contributed by atoms with E-state index in [9.17, 15) is 4.79 Å². The van der Waals surface area contributed by atoms with Gasteiger partial charge in [-0.05, 0) is 55.9 Å². The second kappa shape index (κ2) is 8.06. The highest BCUT2D eigenvalue weighted by atomic mass is 16.5. The van der Waals surface area contributed by atoms with Gasteiger partial charge >= 0.3 is 5.97 Å². The molecule has 0 unspecified atom stereocenters. The lowest BCUT2D eigenvalue weighted by molar-refractivity contribution is -0.140. The van der Waals surface area contributed by atoms with E-state index in [2.05, 4.69) is 6.92 Å². The lowest BCUT2D eigenvalue weighted by atomic mass is 9.80. The highest BCUT2D eigenvalue weighted by molar-refractivity contribution is 5.75. The molecule has 0 aromatic heterocycles. The number of hydrogen-bond acceptors (Lipinski definition) is 3. The van der Waals surface area contributed by atoms with Gasteiger partial charge in [0.2, 0.25) is 0 Å². The molecule has 116 valence electrons. The number of benzene rings is 1. The molecule has 21 heavy (non-hydrogen) atoms. The van der Waals surface area contributed by atoms with Gasteiger partial charge in [-0.15, -0.1) is 0 Å². The van der Waals surface area contributed by atoms with Crippen LogP contribution in [0.5, 0.6) is 11.5 Å². The molecule has 3 nitrogen and oxygen atoms in total. The van der Waals surface area contributed by atoms with Gasteiger partial charge in [-0.1, -0.05) is 26.2 Å². The predicted molar refractivity (Wildman–Crippen MR) is 83.6 cm³/mol. The Morgan fingerprint density at radius 2 is 1.71 bits per heavy atom. The Bertz CT molecular complexity index is 430. The Hall–Kier alpha value is -1.51. The quantitative estimate of drug-likeness (QED) is 0.567. The molecule has 0 spiro atoms. The van der Waals surface area contributed by atoms with Gasteiger partial charge in [0.15, 0.2) is 0 Å². The van der Waals surface area contributed by atoms with Crippen molar-refractivity contribution in [2.75, 3.05) is 7.11 Å². The van der Waals surface area contributed by atoms with E-state index in [1.54, 1.807) is 19.2 Å². The van der Waals surface area contributed by atoms with Crippen LogP contribution in [-0.2, 0) is 4.79 Å². The summed E-state index contributed by atoms with van der Waals surface area (Å²) in [5.41, 5.74) is 0. The van der Waals surface area contributed by atoms with Gasteiger partial charge < -0.3 is 9.47 Å². The molecule has 1 aromatic carbocycles. The first-order chi connectivity index (χ1) is 10.2. The molecular formula is C18H26O3. The van der Waals surface area contributed by atoms with E-state index in [0.717, 1.165) is 24.5 Å². The summed E-state index contributed by atoms with van der Waals surface area (Å²) in [6.07, 6.45) is 8.18. The van der Waals surface area contributed by atoms with Crippen molar-refractivity contribution in [3.8, 4) is 11.5 Å². The lowest BCUT2D eigenvalue weighted by Crippen LogP contribution is -2.25. The van der Waals surface area contributed by atoms with Gasteiger partial charge in [-0.2, -0.15) is 0 Å². The molecule has 0 amide bonds. The Balaban J connectivity index is 1.78. The maximum atomic E-state index is 12.2. The molecule has 1 aliphatic rings. The van der Waals surface area contributed by atoms with Crippen LogP contribution in [0.1, 0.15) is 51.9 Å². The third kappa shape index (κ3) is 4.76. The molecule has 0 saturated heterocycles. The van der Waals surface area contributed by atoms with Crippen LogP contribution in [0.3, 0.4) is 0 Å². The topological polar surface area (TPSA) is 35.5 Å². The van der Waals surface area contributed by atoms with E-state index < -0.39 is 0 Å². The Morgan fingerprint density at radius 1 is 1.10 bits per heavy atom. The molecule has 1 saturated carbocycles. The minimum absolute atomic E-state index is 0.0741. The van der Waals surface area contributed by atoms with Gasteiger partial charge in [0, 0.05) is 0 Å². The summed E-state index contributed by atoms with van der Waals surface area (Å²) >= 11 is 0. The molecule has 1 fully saturated rings. The molecule has 0 N–H and O–H groups in total. The largest absolute Gasteiger partial charge is 0.497 e. The smallest absolute Gasteiger partial charge is 0.314 e. The van der Waals surface area contributed by atoms with Crippen LogP contribution in [0.15, 0.2) is 24.3 Å².